The van der Waals surface area contributed by atoms with E-state index in [1.54, 1.807) is 11.9 Å². The predicted octanol–water partition coefficient (Wildman–Crippen LogP) is 1.19. The number of nitrogens with zero attached hydrogens (tertiary/aromatic N) is 1. The molecule has 0 saturated carbocycles. The van der Waals surface area contributed by atoms with E-state index in [0.29, 0.717) is 19.8 Å². The molecule has 0 aromatic heterocycles. The number of carbonyl (C=O) groups is 1. The third-order valence-corrected chi connectivity index (χ3v) is 2.52. The molecule has 1 saturated heterocycles. The van der Waals surface area contributed by atoms with Gasteiger partial charge in [0.25, 0.3) is 0 Å². The molecule has 1 aliphatic rings. The molecule has 94 valence electrons. The number of rotatable bonds is 6. The number of urea groups is 1. The van der Waals surface area contributed by atoms with Crippen LogP contribution >= 0.6 is 0 Å². The van der Waals surface area contributed by atoms with Crippen LogP contribution < -0.4 is 5.32 Å². The molecule has 1 aliphatic heterocycles. The summed E-state index contributed by atoms with van der Waals surface area (Å²) < 4.78 is 10.5. The summed E-state index contributed by atoms with van der Waals surface area (Å²) in [5, 5.41) is 2.87. The van der Waals surface area contributed by atoms with Crippen LogP contribution in [0, 0.1) is 0 Å². The van der Waals surface area contributed by atoms with Gasteiger partial charge in [-0.25, -0.2) is 4.79 Å². The molecule has 1 fully saturated rings. The number of carbonyl (C=O) groups excluding carboxylic acids is 1. The quantitative estimate of drug-likeness (QED) is 0.697. The van der Waals surface area contributed by atoms with Crippen LogP contribution in [0.5, 0.6) is 0 Å². The first-order chi connectivity index (χ1) is 7.74. The van der Waals surface area contributed by atoms with E-state index in [9.17, 15) is 4.79 Å². The second kappa shape index (κ2) is 7.46. The van der Waals surface area contributed by atoms with Gasteiger partial charge in [-0.1, -0.05) is 19.8 Å². The van der Waals surface area contributed by atoms with Gasteiger partial charge in [-0.05, 0) is 6.42 Å². The highest BCUT2D eigenvalue weighted by Gasteiger charge is 2.20. The van der Waals surface area contributed by atoms with Crippen molar-refractivity contribution >= 4 is 6.03 Å². The van der Waals surface area contributed by atoms with E-state index in [2.05, 4.69) is 12.2 Å². The minimum atomic E-state index is -0.258. The largest absolute Gasteiger partial charge is 0.348 e. The highest BCUT2D eigenvalue weighted by atomic mass is 16.7. The Bertz CT molecular complexity index is 205. The van der Waals surface area contributed by atoms with Gasteiger partial charge in [0.2, 0.25) is 0 Å². The third-order valence-electron chi connectivity index (χ3n) is 2.52. The molecule has 16 heavy (non-hydrogen) atoms. The van der Waals surface area contributed by atoms with E-state index < -0.39 is 0 Å². The molecule has 0 radical (unpaired) electrons. The first-order valence-electron chi connectivity index (χ1n) is 5.96. The lowest BCUT2D eigenvalue weighted by atomic mass is 10.2. The molecule has 2 amide bonds. The summed E-state index contributed by atoms with van der Waals surface area (Å²) in [4.78, 5) is 13.2. The molecule has 5 nitrogen and oxygen atoms in total. The van der Waals surface area contributed by atoms with E-state index in [-0.39, 0.29) is 12.3 Å². The van der Waals surface area contributed by atoms with Crippen LogP contribution in [0.1, 0.15) is 26.2 Å². The average molecular weight is 230 g/mol. The van der Waals surface area contributed by atoms with Crippen molar-refractivity contribution in [2.24, 2.45) is 0 Å². The van der Waals surface area contributed by atoms with Crippen molar-refractivity contribution in [3.05, 3.63) is 0 Å². The lowest BCUT2D eigenvalue weighted by Crippen LogP contribution is -2.41. The van der Waals surface area contributed by atoms with Crippen molar-refractivity contribution in [1.82, 2.24) is 10.2 Å². The Morgan fingerprint density at radius 3 is 2.69 bits per heavy atom. The van der Waals surface area contributed by atoms with E-state index >= 15 is 0 Å². The molecular weight excluding hydrogens is 208 g/mol. The topological polar surface area (TPSA) is 50.8 Å². The summed E-state index contributed by atoms with van der Waals surface area (Å²) in [5.41, 5.74) is 0. The number of amides is 2. The molecule has 1 rings (SSSR count). The van der Waals surface area contributed by atoms with Gasteiger partial charge in [0.15, 0.2) is 6.29 Å². The minimum Gasteiger partial charge on any atom is -0.348 e. The van der Waals surface area contributed by atoms with Gasteiger partial charge in [0.05, 0.1) is 19.8 Å². The number of hydrogen-bond acceptors (Lipinski definition) is 3. The zero-order valence-corrected chi connectivity index (χ0v) is 10.2. The first-order valence-corrected chi connectivity index (χ1v) is 5.96. The Balaban J connectivity index is 2.09. The minimum absolute atomic E-state index is 0.0600. The Morgan fingerprint density at radius 1 is 1.38 bits per heavy atom. The van der Waals surface area contributed by atoms with Crippen molar-refractivity contribution in [1.29, 1.82) is 0 Å². The van der Waals surface area contributed by atoms with Gasteiger partial charge < -0.3 is 19.7 Å². The Hall–Kier alpha value is -0.810. The van der Waals surface area contributed by atoms with E-state index in [0.717, 1.165) is 25.8 Å². The van der Waals surface area contributed by atoms with Crippen LogP contribution in [-0.2, 0) is 9.47 Å². The van der Waals surface area contributed by atoms with Crippen molar-refractivity contribution < 1.29 is 14.3 Å². The number of likely N-dealkylation sites (N-methyl/N-ethyl adjacent to an activating group) is 1. The Morgan fingerprint density at radius 2 is 2.06 bits per heavy atom. The monoisotopic (exact) mass is 230 g/mol. The zero-order chi connectivity index (χ0) is 11.8. The van der Waals surface area contributed by atoms with Crippen LogP contribution in [-0.4, -0.2) is 50.6 Å². The lowest BCUT2D eigenvalue weighted by Gasteiger charge is -2.20. The first kappa shape index (κ1) is 13.3. The summed E-state index contributed by atoms with van der Waals surface area (Å²) in [5.74, 6) is 0. The highest BCUT2D eigenvalue weighted by molar-refractivity contribution is 5.73. The molecule has 0 spiro atoms. The second-order valence-electron chi connectivity index (χ2n) is 3.99. The smallest absolute Gasteiger partial charge is 0.317 e. The molecule has 0 aliphatic carbocycles. The van der Waals surface area contributed by atoms with Crippen molar-refractivity contribution in [3.63, 3.8) is 0 Å². The maximum absolute atomic E-state index is 11.6. The van der Waals surface area contributed by atoms with E-state index in [1.165, 1.54) is 0 Å². The van der Waals surface area contributed by atoms with Crippen molar-refractivity contribution in [2.45, 2.75) is 32.5 Å². The van der Waals surface area contributed by atoms with Crippen LogP contribution in [0.2, 0.25) is 0 Å². The standard InChI is InChI=1S/C11H22N2O3/c1-3-4-5-6-12-11(14)13(2)9-10-15-7-8-16-10/h10H,3-9H2,1-2H3,(H,12,14). The SMILES string of the molecule is CCCCCNC(=O)N(C)CC1OCCO1. The van der Waals surface area contributed by atoms with Gasteiger partial charge in [0.1, 0.15) is 0 Å². The van der Waals surface area contributed by atoms with Crippen LogP contribution in [0.3, 0.4) is 0 Å². The van der Waals surface area contributed by atoms with Gasteiger partial charge in [-0.3, -0.25) is 0 Å². The normalized spacial score (nSPS) is 16.4. The van der Waals surface area contributed by atoms with Crippen molar-refractivity contribution in [2.75, 3.05) is 33.4 Å². The number of unbranched alkanes of at least 4 members (excludes halogenated alkanes) is 2. The van der Waals surface area contributed by atoms with Gasteiger partial charge in [-0.15, -0.1) is 0 Å². The summed E-state index contributed by atoms with van der Waals surface area (Å²) in [7, 11) is 1.75. The summed E-state index contributed by atoms with van der Waals surface area (Å²) in [6.45, 7) is 4.61. The Kier molecular flexibility index (Phi) is 6.18. The zero-order valence-electron chi connectivity index (χ0n) is 10.2. The van der Waals surface area contributed by atoms with Crippen LogP contribution in [0.25, 0.3) is 0 Å². The molecule has 1 heterocycles. The second-order valence-corrected chi connectivity index (χ2v) is 3.99. The number of nitrogens with one attached hydrogen (secondary N) is 1. The fourth-order valence-electron chi connectivity index (χ4n) is 1.52. The molecular formula is C11H22N2O3. The molecule has 5 heteroatoms. The Labute approximate surface area is 97.1 Å². The summed E-state index contributed by atoms with van der Waals surface area (Å²) in [6.07, 6.45) is 3.09. The van der Waals surface area contributed by atoms with Gasteiger partial charge in [0, 0.05) is 13.6 Å². The molecule has 0 aromatic rings. The molecule has 0 unspecified atom stereocenters. The van der Waals surface area contributed by atoms with Crippen molar-refractivity contribution in [3.8, 4) is 0 Å². The predicted molar refractivity (Wildman–Crippen MR) is 61.2 cm³/mol. The maximum Gasteiger partial charge on any atom is 0.317 e. The van der Waals surface area contributed by atoms with E-state index in [4.69, 9.17) is 9.47 Å². The van der Waals surface area contributed by atoms with Crippen LogP contribution in [0.4, 0.5) is 4.79 Å². The van der Waals surface area contributed by atoms with Crippen LogP contribution in [0.15, 0.2) is 0 Å². The average Bonchev–Trinajstić information content (AvgIpc) is 2.76. The summed E-state index contributed by atoms with van der Waals surface area (Å²) in [6, 6.07) is -0.0600. The van der Waals surface area contributed by atoms with Gasteiger partial charge >= 0.3 is 6.03 Å². The number of ether oxygens (including phenoxy) is 2. The molecule has 0 atom stereocenters. The highest BCUT2D eigenvalue weighted by Crippen LogP contribution is 2.04. The maximum atomic E-state index is 11.6. The number of hydrogen-bond donors (Lipinski definition) is 1. The summed E-state index contributed by atoms with van der Waals surface area (Å²) >= 11 is 0. The fraction of sp³-hybridized carbons (Fsp3) is 0.909. The molecule has 0 bridgehead atoms. The lowest BCUT2D eigenvalue weighted by molar-refractivity contribution is -0.0524. The third kappa shape index (κ3) is 4.81. The molecule has 0 aromatic carbocycles. The van der Waals surface area contributed by atoms with E-state index in [1.807, 2.05) is 0 Å². The molecule has 1 N–H and O–H groups in total. The van der Waals surface area contributed by atoms with Gasteiger partial charge in [-0.2, -0.15) is 0 Å². The fourth-order valence-corrected chi connectivity index (χ4v) is 1.52.